The molecule has 100 valence electrons. The number of ether oxygens (including phenoxy) is 2. The first-order valence-electron chi connectivity index (χ1n) is 5.78. The maximum atomic E-state index is 13.4. The lowest BCUT2D eigenvalue weighted by Gasteiger charge is -2.15. The molecule has 0 spiro atoms. The number of halogens is 2. The Bertz CT molecular complexity index is 401. The quantitative estimate of drug-likeness (QED) is 0.705. The van der Waals surface area contributed by atoms with Gasteiger partial charge in [-0.15, -0.1) is 0 Å². The van der Waals surface area contributed by atoms with E-state index in [2.05, 4.69) is 0 Å². The van der Waals surface area contributed by atoms with Crippen molar-refractivity contribution in [2.24, 2.45) is 0 Å². The summed E-state index contributed by atoms with van der Waals surface area (Å²) in [6.45, 7) is 4.11. The lowest BCUT2D eigenvalue weighted by molar-refractivity contribution is -0.167. The Kier molecular flexibility index (Phi) is 5.88. The smallest absolute Gasteiger partial charge is 0.218 e. The topological polar surface area (TPSA) is 35.5 Å². The number of Topliss-reactive ketones (excluding diaryl/α,β-unsaturated/α-hetero) is 1. The van der Waals surface area contributed by atoms with Crippen LogP contribution in [0.4, 0.5) is 8.78 Å². The van der Waals surface area contributed by atoms with Crippen LogP contribution in [0.1, 0.15) is 19.4 Å². The van der Waals surface area contributed by atoms with Crippen LogP contribution in [0, 0.1) is 11.6 Å². The van der Waals surface area contributed by atoms with Crippen LogP contribution in [0.15, 0.2) is 18.2 Å². The molecule has 0 N–H and O–H groups in total. The van der Waals surface area contributed by atoms with Crippen molar-refractivity contribution in [1.82, 2.24) is 0 Å². The summed E-state index contributed by atoms with van der Waals surface area (Å²) in [7, 11) is 0. The van der Waals surface area contributed by atoms with E-state index in [1.165, 1.54) is 6.07 Å². The van der Waals surface area contributed by atoms with Gasteiger partial charge in [-0.2, -0.15) is 0 Å². The summed E-state index contributed by atoms with van der Waals surface area (Å²) in [5, 5.41) is 0. The van der Waals surface area contributed by atoms with Crippen molar-refractivity contribution >= 4 is 5.78 Å². The molecule has 0 radical (unpaired) electrons. The van der Waals surface area contributed by atoms with Gasteiger partial charge < -0.3 is 9.47 Å². The van der Waals surface area contributed by atoms with Crippen LogP contribution in [0.2, 0.25) is 0 Å². The maximum Gasteiger partial charge on any atom is 0.218 e. The van der Waals surface area contributed by atoms with E-state index >= 15 is 0 Å². The molecule has 0 bridgehead atoms. The van der Waals surface area contributed by atoms with Crippen molar-refractivity contribution < 1.29 is 23.0 Å². The van der Waals surface area contributed by atoms with E-state index in [1.54, 1.807) is 13.8 Å². The molecule has 1 aromatic carbocycles. The zero-order valence-electron chi connectivity index (χ0n) is 10.4. The fourth-order valence-corrected chi connectivity index (χ4v) is 1.47. The average Bonchev–Trinajstić information content (AvgIpc) is 2.32. The molecule has 5 heteroatoms. The van der Waals surface area contributed by atoms with Crippen molar-refractivity contribution in [2.75, 3.05) is 13.2 Å². The van der Waals surface area contributed by atoms with Gasteiger partial charge in [0.25, 0.3) is 0 Å². The molecule has 0 aliphatic carbocycles. The van der Waals surface area contributed by atoms with E-state index in [4.69, 9.17) is 9.47 Å². The van der Waals surface area contributed by atoms with Crippen LogP contribution >= 0.6 is 0 Å². The standard InChI is InChI=1S/C13H16F2O3/c1-3-17-13(18-4-2)12(16)7-9-5-6-10(14)8-11(9)15/h5-6,8,13H,3-4,7H2,1-2H3. The van der Waals surface area contributed by atoms with Gasteiger partial charge in [-0.1, -0.05) is 6.07 Å². The van der Waals surface area contributed by atoms with E-state index in [0.29, 0.717) is 13.2 Å². The minimum absolute atomic E-state index is 0.130. The third-order valence-electron chi connectivity index (χ3n) is 2.28. The van der Waals surface area contributed by atoms with E-state index in [0.717, 1.165) is 12.1 Å². The third-order valence-corrected chi connectivity index (χ3v) is 2.28. The first-order chi connectivity index (χ1) is 8.58. The van der Waals surface area contributed by atoms with E-state index < -0.39 is 17.9 Å². The summed E-state index contributed by atoms with van der Waals surface area (Å²) in [4.78, 5) is 11.8. The number of benzene rings is 1. The summed E-state index contributed by atoms with van der Waals surface area (Å²) < 4.78 is 36.3. The van der Waals surface area contributed by atoms with Crippen LogP contribution in [0.25, 0.3) is 0 Å². The monoisotopic (exact) mass is 258 g/mol. The van der Waals surface area contributed by atoms with Crippen LogP contribution in [0.5, 0.6) is 0 Å². The zero-order chi connectivity index (χ0) is 13.5. The average molecular weight is 258 g/mol. The number of ketones is 1. The van der Waals surface area contributed by atoms with Gasteiger partial charge in [0, 0.05) is 25.7 Å². The summed E-state index contributed by atoms with van der Waals surface area (Å²) in [5.41, 5.74) is 0.130. The van der Waals surface area contributed by atoms with Gasteiger partial charge >= 0.3 is 0 Å². The lowest BCUT2D eigenvalue weighted by Crippen LogP contribution is -2.29. The molecule has 1 aromatic rings. The van der Waals surface area contributed by atoms with E-state index in [-0.39, 0.29) is 17.8 Å². The van der Waals surface area contributed by atoms with Gasteiger partial charge in [-0.25, -0.2) is 8.78 Å². The Balaban J connectivity index is 2.72. The minimum atomic E-state index is -0.996. The molecule has 0 aliphatic rings. The normalized spacial score (nSPS) is 10.9. The Morgan fingerprint density at radius 2 is 1.83 bits per heavy atom. The largest absolute Gasteiger partial charge is 0.346 e. The number of carbonyl (C=O) groups is 1. The highest BCUT2D eigenvalue weighted by Gasteiger charge is 2.20. The first-order valence-corrected chi connectivity index (χ1v) is 5.78. The summed E-state index contributed by atoms with van der Waals surface area (Å²) in [5.74, 6) is -1.80. The fourth-order valence-electron chi connectivity index (χ4n) is 1.47. The van der Waals surface area contributed by atoms with E-state index in [1.807, 2.05) is 0 Å². The number of hydrogen-bond acceptors (Lipinski definition) is 3. The number of rotatable bonds is 7. The van der Waals surface area contributed by atoms with Crippen LogP contribution in [-0.2, 0) is 20.7 Å². The Morgan fingerprint density at radius 1 is 1.22 bits per heavy atom. The van der Waals surface area contributed by atoms with Crippen molar-refractivity contribution in [3.63, 3.8) is 0 Å². The summed E-state index contributed by atoms with van der Waals surface area (Å²) in [6, 6.07) is 3.11. The molecular weight excluding hydrogens is 242 g/mol. The van der Waals surface area contributed by atoms with Gasteiger partial charge in [0.2, 0.25) is 6.29 Å². The second-order valence-electron chi connectivity index (χ2n) is 3.62. The summed E-state index contributed by atoms with van der Waals surface area (Å²) in [6.07, 6.45) is -1.18. The zero-order valence-corrected chi connectivity index (χ0v) is 10.4. The Hall–Kier alpha value is -1.33. The molecule has 0 fully saturated rings. The summed E-state index contributed by atoms with van der Waals surface area (Å²) >= 11 is 0. The van der Waals surface area contributed by atoms with E-state index in [9.17, 15) is 13.6 Å². The molecular formula is C13H16F2O3. The molecule has 0 unspecified atom stereocenters. The number of hydrogen-bond donors (Lipinski definition) is 0. The fraction of sp³-hybridized carbons (Fsp3) is 0.462. The van der Waals surface area contributed by atoms with Gasteiger partial charge in [0.15, 0.2) is 5.78 Å². The van der Waals surface area contributed by atoms with Crippen molar-refractivity contribution in [3.05, 3.63) is 35.4 Å². The molecule has 1 rings (SSSR count). The Labute approximate surface area is 105 Å². The second-order valence-corrected chi connectivity index (χ2v) is 3.62. The van der Waals surface area contributed by atoms with Crippen LogP contribution in [-0.4, -0.2) is 25.3 Å². The highest BCUT2D eigenvalue weighted by Crippen LogP contribution is 2.12. The molecule has 3 nitrogen and oxygen atoms in total. The molecule has 0 atom stereocenters. The predicted molar refractivity (Wildman–Crippen MR) is 62.1 cm³/mol. The van der Waals surface area contributed by atoms with Gasteiger partial charge in [-0.3, -0.25) is 4.79 Å². The molecule has 0 aliphatic heterocycles. The van der Waals surface area contributed by atoms with Gasteiger partial charge in [0.05, 0.1) is 0 Å². The van der Waals surface area contributed by atoms with Gasteiger partial charge in [0.1, 0.15) is 11.6 Å². The second kappa shape index (κ2) is 7.18. The van der Waals surface area contributed by atoms with Crippen molar-refractivity contribution in [2.45, 2.75) is 26.6 Å². The van der Waals surface area contributed by atoms with Crippen molar-refractivity contribution in [1.29, 1.82) is 0 Å². The highest BCUT2D eigenvalue weighted by molar-refractivity contribution is 5.84. The SMILES string of the molecule is CCOC(OCC)C(=O)Cc1ccc(F)cc1F. The highest BCUT2D eigenvalue weighted by atomic mass is 19.1. The van der Waals surface area contributed by atoms with Gasteiger partial charge in [-0.05, 0) is 25.5 Å². The minimum Gasteiger partial charge on any atom is -0.346 e. The number of carbonyl (C=O) groups excluding carboxylic acids is 1. The van der Waals surface area contributed by atoms with Crippen LogP contribution < -0.4 is 0 Å². The molecule has 0 aromatic heterocycles. The Morgan fingerprint density at radius 3 is 2.33 bits per heavy atom. The third kappa shape index (κ3) is 4.16. The predicted octanol–water partition coefficient (Wildman–Crippen LogP) is 2.48. The molecule has 0 saturated heterocycles. The lowest BCUT2D eigenvalue weighted by atomic mass is 10.1. The molecule has 0 heterocycles. The van der Waals surface area contributed by atoms with Crippen LogP contribution in [0.3, 0.4) is 0 Å². The molecule has 0 saturated carbocycles. The first kappa shape index (κ1) is 14.7. The maximum absolute atomic E-state index is 13.4. The van der Waals surface area contributed by atoms with Crippen molar-refractivity contribution in [3.8, 4) is 0 Å². The molecule has 0 amide bonds. The molecule has 18 heavy (non-hydrogen) atoms.